The molecule has 1 N–H and O–H groups in total. The summed E-state index contributed by atoms with van der Waals surface area (Å²) < 4.78 is 10.8. The van der Waals surface area contributed by atoms with Crippen LogP contribution in [-0.2, 0) is 4.79 Å². The van der Waals surface area contributed by atoms with Crippen LogP contribution in [0.5, 0.6) is 11.5 Å². The van der Waals surface area contributed by atoms with E-state index in [0.717, 1.165) is 22.4 Å². The minimum Gasteiger partial charge on any atom is -0.493 e. The summed E-state index contributed by atoms with van der Waals surface area (Å²) in [4.78, 5) is 13.6. The lowest BCUT2D eigenvalue weighted by atomic mass is 9.89. The molecule has 1 amide bonds. The van der Waals surface area contributed by atoms with Crippen LogP contribution in [0.4, 0.5) is 5.69 Å². The predicted molar refractivity (Wildman–Crippen MR) is 109 cm³/mol. The minimum absolute atomic E-state index is 0.0118. The van der Waals surface area contributed by atoms with Crippen LogP contribution >= 0.6 is 11.3 Å². The van der Waals surface area contributed by atoms with Gasteiger partial charge in [-0.15, -0.1) is 11.3 Å². The zero-order valence-electron chi connectivity index (χ0n) is 15.5. The lowest BCUT2D eigenvalue weighted by Gasteiger charge is -2.24. The van der Waals surface area contributed by atoms with Gasteiger partial charge in [0, 0.05) is 28.2 Å². The van der Waals surface area contributed by atoms with Crippen LogP contribution in [0.3, 0.4) is 0 Å². The average Bonchev–Trinajstić information content (AvgIpc) is 3.11. The smallest absolute Gasteiger partial charge is 0.225 e. The molecule has 0 spiro atoms. The zero-order chi connectivity index (χ0) is 19.0. The third-order valence-electron chi connectivity index (χ3n) is 4.96. The molecule has 1 atom stereocenters. The van der Waals surface area contributed by atoms with Crippen molar-refractivity contribution in [2.45, 2.75) is 19.3 Å². The standard InChI is InChI=1S/C22H21NO3S/c1-13-4-6-14(7-5-13)17-12-27-22-16(11-20(24)23-21(17)22)15-8-9-18(25-2)19(10-15)26-3/h4-10,12,16H,11H2,1-3H3,(H,23,24)/t16-/m1/s1. The molecule has 1 aromatic heterocycles. The summed E-state index contributed by atoms with van der Waals surface area (Å²) in [6.45, 7) is 2.07. The molecule has 0 saturated heterocycles. The number of hydrogen-bond donors (Lipinski definition) is 1. The molecule has 138 valence electrons. The Morgan fingerprint density at radius 1 is 1.04 bits per heavy atom. The Hall–Kier alpha value is -2.79. The minimum atomic E-state index is 0.0118. The summed E-state index contributed by atoms with van der Waals surface area (Å²) in [6.07, 6.45) is 0.427. The van der Waals surface area contributed by atoms with Crippen LogP contribution in [-0.4, -0.2) is 20.1 Å². The van der Waals surface area contributed by atoms with Crippen molar-refractivity contribution in [2.75, 3.05) is 19.5 Å². The second-order valence-electron chi connectivity index (χ2n) is 6.67. The summed E-state index contributed by atoms with van der Waals surface area (Å²) in [7, 11) is 3.25. The molecule has 3 aromatic rings. The van der Waals surface area contributed by atoms with E-state index in [1.54, 1.807) is 25.6 Å². The highest BCUT2D eigenvalue weighted by Gasteiger charge is 2.31. The van der Waals surface area contributed by atoms with E-state index in [1.807, 2.05) is 18.2 Å². The molecular weight excluding hydrogens is 358 g/mol. The quantitative estimate of drug-likeness (QED) is 0.676. The maximum atomic E-state index is 12.5. The zero-order valence-corrected chi connectivity index (χ0v) is 16.4. The SMILES string of the molecule is COc1ccc([C@H]2CC(=O)Nc3c(-c4ccc(C)cc4)csc32)cc1OC. The first kappa shape index (κ1) is 17.6. The number of carbonyl (C=O) groups excluding carboxylic acids is 1. The molecule has 0 aliphatic carbocycles. The molecule has 0 fully saturated rings. The highest BCUT2D eigenvalue weighted by Crippen LogP contribution is 2.47. The number of fused-ring (bicyclic) bond motifs is 1. The molecule has 2 aromatic carbocycles. The first-order valence-corrected chi connectivity index (χ1v) is 9.69. The summed E-state index contributed by atoms with van der Waals surface area (Å²) in [5, 5.41) is 5.22. The van der Waals surface area contributed by atoms with Gasteiger partial charge < -0.3 is 14.8 Å². The number of amides is 1. The van der Waals surface area contributed by atoms with Gasteiger partial charge in [0.1, 0.15) is 0 Å². The second-order valence-corrected chi connectivity index (χ2v) is 7.59. The Balaban J connectivity index is 1.78. The molecule has 1 aliphatic rings. The van der Waals surface area contributed by atoms with Crippen molar-refractivity contribution in [1.82, 2.24) is 0 Å². The van der Waals surface area contributed by atoms with E-state index in [0.29, 0.717) is 17.9 Å². The van der Waals surface area contributed by atoms with E-state index in [9.17, 15) is 4.79 Å². The Morgan fingerprint density at radius 3 is 2.48 bits per heavy atom. The lowest BCUT2D eigenvalue weighted by Crippen LogP contribution is -2.22. The number of aryl methyl sites for hydroxylation is 1. The van der Waals surface area contributed by atoms with Gasteiger partial charge in [-0.25, -0.2) is 0 Å². The fourth-order valence-corrected chi connectivity index (χ4v) is 4.67. The third kappa shape index (κ3) is 3.19. The Kier molecular flexibility index (Phi) is 4.62. The Bertz CT molecular complexity index is 991. The molecule has 0 radical (unpaired) electrons. The number of hydrogen-bond acceptors (Lipinski definition) is 4. The number of nitrogens with one attached hydrogen (secondary N) is 1. The number of thiophene rings is 1. The lowest BCUT2D eigenvalue weighted by molar-refractivity contribution is -0.116. The molecule has 5 heteroatoms. The number of benzene rings is 2. The molecule has 27 heavy (non-hydrogen) atoms. The van der Waals surface area contributed by atoms with Gasteiger partial charge in [0.05, 0.1) is 19.9 Å². The first-order valence-electron chi connectivity index (χ1n) is 8.81. The van der Waals surface area contributed by atoms with Crippen LogP contribution in [0.1, 0.15) is 28.3 Å². The third-order valence-corrected chi connectivity index (χ3v) is 6.06. The van der Waals surface area contributed by atoms with Crippen LogP contribution in [0, 0.1) is 6.92 Å². The first-order chi connectivity index (χ1) is 13.1. The topological polar surface area (TPSA) is 47.6 Å². The molecule has 0 saturated carbocycles. The van der Waals surface area contributed by atoms with Gasteiger partial charge in [-0.2, -0.15) is 0 Å². The van der Waals surface area contributed by atoms with Crippen molar-refractivity contribution >= 4 is 22.9 Å². The van der Waals surface area contributed by atoms with E-state index >= 15 is 0 Å². The highest BCUT2D eigenvalue weighted by atomic mass is 32.1. The van der Waals surface area contributed by atoms with E-state index in [-0.39, 0.29) is 11.8 Å². The summed E-state index contributed by atoms with van der Waals surface area (Å²) in [6, 6.07) is 14.3. The number of carbonyl (C=O) groups is 1. The van der Waals surface area contributed by atoms with Gasteiger partial charge in [-0.3, -0.25) is 4.79 Å². The number of rotatable bonds is 4. The monoisotopic (exact) mass is 379 g/mol. The molecule has 4 nitrogen and oxygen atoms in total. The van der Waals surface area contributed by atoms with Gasteiger partial charge in [-0.05, 0) is 30.2 Å². The highest BCUT2D eigenvalue weighted by molar-refractivity contribution is 7.11. The normalized spacial score (nSPS) is 15.8. The van der Waals surface area contributed by atoms with E-state index in [4.69, 9.17) is 9.47 Å². The Labute approximate surface area is 162 Å². The van der Waals surface area contributed by atoms with E-state index in [1.165, 1.54) is 10.4 Å². The second kappa shape index (κ2) is 7.08. The van der Waals surface area contributed by atoms with Crippen molar-refractivity contribution in [3.8, 4) is 22.6 Å². The van der Waals surface area contributed by atoms with Gasteiger partial charge in [0.15, 0.2) is 11.5 Å². The van der Waals surface area contributed by atoms with Gasteiger partial charge in [0.2, 0.25) is 5.91 Å². The van der Waals surface area contributed by atoms with Crippen molar-refractivity contribution in [3.63, 3.8) is 0 Å². The number of methoxy groups -OCH3 is 2. The van der Waals surface area contributed by atoms with Crippen LogP contribution in [0.15, 0.2) is 47.8 Å². The van der Waals surface area contributed by atoms with Crippen LogP contribution in [0.25, 0.3) is 11.1 Å². The van der Waals surface area contributed by atoms with Crippen molar-refractivity contribution in [2.24, 2.45) is 0 Å². The largest absolute Gasteiger partial charge is 0.493 e. The van der Waals surface area contributed by atoms with Crippen molar-refractivity contribution in [3.05, 3.63) is 63.8 Å². The molecule has 4 rings (SSSR count). The molecule has 2 heterocycles. The van der Waals surface area contributed by atoms with Gasteiger partial charge in [0.25, 0.3) is 0 Å². The maximum absolute atomic E-state index is 12.5. The summed E-state index contributed by atoms with van der Waals surface area (Å²) in [5.74, 6) is 1.41. The molecule has 1 aliphatic heterocycles. The maximum Gasteiger partial charge on any atom is 0.225 e. The summed E-state index contributed by atoms with van der Waals surface area (Å²) in [5.41, 5.74) is 5.40. The van der Waals surface area contributed by atoms with Gasteiger partial charge >= 0.3 is 0 Å². The molecular formula is C22H21NO3S. The van der Waals surface area contributed by atoms with Crippen molar-refractivity contribution in [1.29, 1.82) is 0 Å². The van der Waals surface area contributed by atoms with Crippen molar-refractivity contribution < 1.29 is 14.3 Å². The van der Waals surface area contributed by atoms with E-state index in [2.05, 4.69) is 41.9 Å². The van der Waals surface area contributed by atoms with Gasteiger partial charge in [-0.1, -0.05) is 35.9 Å². The summed E-state index contributed by atoms with van der Waals surface area (Å²) >= 11 is 1.69. The Morgan fingerprint density at radius 2 is 1.78 bits per heavy atom. The fourth-order valence-electron chi connectivity index (χ4n) is 3.51. The predicted octanol–water partition coefficient (Wildman–Crippen LogP) is 5.21. The average molecular weight is 379 g/mol. The van der Waals surface area contributed by atoms with Crippen LogP contribution in [0.2, 0.25) is 0 Å². The van der Waals surface area contributed by atoms with Crippen LogP contribution < -0.4 is 14.8 Å². The van der Waals surface area contributed by atoms with E-state index < -0.39 is 0 Å². The fraction of sp³-hybridized carbons (Fsp3) is 0.227. The number of ether oxygens (including phenoxy) is 2. The molecule has 0 unspecified atom stereocenters. The molecule has 0 bridgehead atoms. The number of anilines is 1.